The molecule has 0 atom stereocenters. The lowest BCUT2D eigenvalue weighted by Crippen LogP contribution is -2.36. The van der Waals surface area contributed by atoms with E-state index < -0.39 is 54.2 Å². The summed E-state index contributed by atoms with van der Waals surface area (Å²) in [5.74, 6) is -0.807. The average molecular weight is 1470 g/mol. The topological polar surface area (TPSA) is 422 Å². The monoisotopic (exact) mass is 1470 g/mol. The number of carbonyl (C=O) groups excluding carboxylic acids is 4. The number of thioether (sulfide) groups is 1. The number of rotatable bonds is 28. The summed E-state index contributed by atoms with van der Waals surface area (Å²) in [6.07, 6.45) is 2.87. The van der Waals surface area contributed by atoms with Crippen molar-refractivity contribution in [1.29, 1.82) is 0 Å². The minimum Gasteiger partial charge on any atom is -0.378 e. The van der Waals surface area contributed by atoms with Gasteiger partial charge in [0.25, 0.3) is 32.1 Å². The predicted molar refractivity (Wildman–Crippen MR) is 378 cm³/mol. The zero-order valence-electron chi connectivity index (χ0n) is 54.4. The molecule has 2 saturated heterocycles. The fourth-order valence-corrected chi connectivity index (χ4v) is 13.0. The molecule has 4 aromatic carbocycles. The van der Waals surface area contributed by atoms with Crippen LogP contribution in [0, 0.1) is 0 Å². The first-order chi connectivity index (χ1) is 47.3. The van der Waals surface area contributed by atoms with Gasteiger partial charge >= 0.3 is 10.6 Å². The van der Waals surface area contributed by atoms with Crippen molar-refractivity contribution in [3.63, 3.8) is 0 Å². The van der Waals surface area contributed by atoms with Gasteiger partial charge in [-0.25, -0.2) is 0 Å². The first-order valence-electron chi connectivity index (χ1n) is 30.5. The molecule has 0 bridgehead atoms. The molecule has 5 heterocycles. The SMILES string of the molecule is CCSc1nc(Nc2cc(N(CC)CC)ccc2N=Nc2nc(N3CCOCC3)c(/C=C(/C(C)=O)C(=O)Nc3ccc(S(=O)(=O)O)cc3)s2)nc(Nc2cc(N(CC)CC)ccc2N=Nc2nc(N3CCOCC3)c(/C=C(\C(C)=O)C(=O)Nc3ccc(S(=O)(=O)O)cc3)s2)n1.O=S(=O)=O. The van der Waals surface area contributed by atoms with Crippen molar-refractivity contribution in [2.75, 3.05) is 125 Å². The standard InChI is InChI=1S/C61H69N17O12S5.O3S/c1-8-75(9-2)41-17-23-47(71-73-60-66-53(77-25-29-89-30-26-77)51(92-60)35-45(37(6)79)55(81)62-39-13-19-43(20-14-39)94(83,84)85)49(33-41)64-57-68-58(70-59(69-57)91-12-5)65-50-34-42(76(10-3)11-4)18-24-48(50)72-74-61-67-54(78-27-31-90-32-28-78)52(93-61)36-46(38(7)80)56(82)63-40-15-21-44(22-16-40)95(86,87)88;1-4(2)3/h13-24,33-36H,8-12,25-32H2,1-7H3,(H,62,81)(H,63,82)(H,83,84,85)(H,86,87,88)(H2,64,65,68,69,70);/b45-35-,46-36+,73-71?,74-72?;. The number of anilines is 10. The van der Waals surface area contributed by atoms with Crippen LogP contribution in [0.5, 0.6) is 0 Å². The fraction of sp³-hybridized carbons (Fsp3) is 0.328. The second-order valence-corrected chi connectivity index (χ2v) is 27.5. The Morgan fingerprint density at radius 3 is 1.25 bits per heavy atom. The molecule has 32 nitrogen and oxygen atoms in total. The van der Waals surface area contributed by atoms with E-state index in [4.69, 9.17) is 57.2 Å². The molecule has 524 valence electrons. The van der Waals surface area contributed by atoms with Gasteiger partial charge in [-0.2, -0.15) is 41.8 Å². The molecule has 9 rings (SSSR count). The molecular formula is C61H69N17O15S6. The molecule has 99 heavy (non-hydrogen) atoms. The number of nitrogens with zero attached hydrogens (tertiary/aromatic N) is 13. The Bertz CT molecular complexity index is 4300. The van der Waals surface area contributed by atoms with Gasteiger partial charge in [0.05, 0.1) is 68.5 Å². The molecule has 2 aliphatic heterocycles. The van der Waals surface area contributed by atoms with Crippen molar-refractivity contribution in [2.45, 2.75) is 63.4 Å². The van der Waals surface area contributed by atoms with Gasteiger partial charge in [-0.3, -0.25) is 28.3 Å². The maximum absolute atomic E-state index is 13.7. The third-order valence-corrected chi connectivity index (χ3v) is 18.8. The van der Waals surface area contributed by atoms with Crippen LogP contribution in [0.4, 0.5) is 79.3 Å². The number of carbonyl (C=O) groups is 4. The van der Waals surface area contributed by atoms with E-state index in [1.54, 1.807) is 12.1 Å². The van der Waals surface area contributed by atoms with Crippen LogP contribution in [0.2, 0.25) is 0 Å². The number of morpholine rings is 2. The Hall–Kier alpha value is -9.38. The van der Waals surface area contributed by atoms with Crippen LogP contribution < -0.4 is 40.9 Å². The second kappa shape index (κ2) is 34.9. The molecule has 0 unspecified atom stereocenters. The quantitative estimate of drug-likeness (QED) is 0.00662. The number of thiazole rings is 2. The molecule has 0 spiro atoms. The number of hydrogen-bond acceptors (Lipinski definition) is 31. The highest BCUT2D eigenvalue weighted by atomic mass is 32.2. The number of amides is 2. The number of ether oxygens (including phenoxy) is 2. The predicted octanol–water partition coefficient (Wildman–Crippen LogP) is 10.3. The van der Waals surface area contributed by atoms with Crippen LogP contribution in [-0.4, -0.2) is 171 Å². The van der Waals surface area contributed by atoms with E-state index in [-0.39, 0.29) is 54.5 Å². The van der Waals surface area contributed by atoms with Gasteiger partial charge in [0.2, 0.25) is 22.2 Å². The van der Waals surface area contributed by atoms with Crippen molar-refractivity contribution in [3.05, 3.63) is 106 Å². The third-order valence-electron chi connectivity index (χ3n) is 14.6. The van der Waals surface area contributed by atoms with Crippen LogP contribution in [0.15, 0.2) is 131 Å². The lowest BCUT2D eigenvalue weighted by molar-refractivity contribution is -0.120. The lowest BCUT2D eigenvalue weighted by atomic mass is 10.1. The molecule has 2 aliphatic rings. The maximum Gasteiger partial charge on any atom is 0.425 e. The highest BCUT2D eigenvalue weighted by molar-refractivity contribution is 7.99. The van der Waals surface area contributed by atoms with E-state index in [0.717, 1.165) is 58.3 Å². The Kier molecular flexibility index (Phi) is 26.6. The fourth-order valence-electron chi connectivity index (χ4n) is 9.73. The largest absolute Gasteiger partial charge is 0.425 e. The molecule has 2 fully saturated rings. The van der Waals surface area contributed by atoms with Gasteiger partial charge in [0.15, 0.2) is 16.7 Å². The van der Waals surface area contributed by atoms with Crippen molar-refractivity contribution >= 4 is 180 Å². The van der Waals surface area contributed by atoms with Crippen LogP contribution >= 0.6 is 34.4 Å². The average Bonchev–Trinajstić information content (AvgIpc) is 1.78. The van der Waals surface area contributed by atoms with Crippen molar-refractivity contribution in [3.8, 4) is 0 Å². The van der Waals surface area contributed by atoms with Gasteiger partial charge < -0.3 is 50.3 Å². The summed E-state index contributed by atoms with van der Waals surface area (Å²) >= 11 is 3.59. The van der Waals surface area contributed by atoms with Crippen molar-refractivity contribution in [2.24, 2.45) is 20.5 Å². The van der Waals surface area contributed by atoms with Gasteiger partial charge in [-0.15, -0.1) is 33.1 Å². The minimum atomic E-state index is -4.49. The summed E-state index contributed by atoms with van der Waals surface area (Å²) in [7, 11) is -12.1. The van der Waals surface area contributed by atoms with Crippen LogP contribution in [0.1, 0.15) is 58.2 Å². The summed E-state index contributed by atoms with van der Waals surface area (Å²) in [4.78, 5) is 86.3. The number of aromatic nitrogens is 5. The van der Waals surface area contributed by atoms with Crippen molar-refractivity contribution < 1.29 is 67.2 Å². The molecule has 0 aliphatic carbocycles. The first-order valence-corrected chi connectivity index (χ1v) is 37.0. The zero-order valence-corrected chi connectivity index (χ0v) is 59.3. The molecule has 38 heteroatoms. The van der Waals surface area contributed by atoms with Crippen LogP contribution in [0.3, 0.4) is 0 Å². The Balaban J connectivity index is 0.00000304. The lowest BCUT2D eigenvalue weighted by Gasteiger charge is -2.27. The van der Waals surface area contributed by atoms with E-state index in [1.165, 1.54) is 62.0 Å². The normalized spacial score (nSPS) is 13.8. The van der Waals surface area contributed by atoms with Gasteiger partial charge in [0.1, 0.15) is 23.0 Å². The summed E-state index contributed by atoms with van der Waals surface area (Å²) in [5, 5.41) is 31.5. The number of Topliss-reactive ketones (excluding diaryl/α,β-unsaturated/α-hetero) is 2. The number of nitrogens with one attached hydrogen (secondary N) is 4. The molecule has 6 N–H and O–H groups in total. The molecular weight excluding hydrogens is 1400 g/mol. The van der Waals surface area contributed by atoms with E-state index in [2.05, 4.69) is 41.3 Å². The molecule has 7 aromatic rings. The highest BCUT2D eigenvalue weighted by Crippen LogP contribution is 2.41. The summed E-state index contributed by atoms with van der Waals surface area (Å²) in [6.45, 7) is 18.9. The summed E-state index contributed by atoms with van der Waals surface area (Å²) in [6, 6.07) is 20.9. The number of ketones is 2. The van der Waals surface area contributed by atoms with E-state index in [1.807, 2.05) is 68.7 Å². The zero-order chi connectivity index (χ0) is 71.6. The van der Waals surface area contributed by atoms with E-state index >= 15 is 0 Å². The smallest absolute Gasteiger partial charge is 0.378 e. The molecule has 3 aromatic heterocycles. The van der Waals surface area contributed by atoms with E-state index in [9.17, 15) is 45.1 Å². The Morgan fingerprint density at radius 1 is 0.566 bits per heavy atom. The minimum absolute atomic E-state index is 0.156. The van der Waals surface area contributed by atoms with Gasteiger partial charge in [0, 0.05) is 75.1 Å². The molecule has 2 amide bonds. The van der Waals surface area contributed by atoms with E-state index in [0.29, 0.717) is 134 Å². The molecule has 0 saturated carbocycles. The van der Waals surface area contributed by atoms with Gasteiger partial charge in [-0.05, 0) is 144 Å². The van der Waals surface area contributed by atoms with Crippen LogP contribution in [-0.2, 0) is 59.5 Å². The summed E-state index contributed by atoms with van der Waals surface area (Å²) < 4.78 is 102. The Morgan fingerprint density at radius 2 is 0.929 bits per heavy atom. The number of benzene rings is 4. The number of hydrogen-bond donors (Lipinski definition) is 6. The van der Waals surface area contributed by atoms with Gasteiger partial charge in [-0.1, -0.05) is 41.4 Å². The number of azo groups is 2. The molecule has 0 radical (unpaired) electrons. The summed E-state index contributed by atoms with van der Waals surface area (Å²) in [5.41, 5.74) is 3.38. The highest BCUT2D eigenvalue weighted by Gasteiger charge is 2.26. The first kappa shape index (κ1) is 75.4. The second-order valence-electron chi connectivity index (χ2n) is 21.0. The third kappa shape index (κ3) is 21.1. The maximum atomic E-state index is 13.7. The van der Waals surface area contributed by atoms with Crippen LogP contribution in [0.25, 0.3) is 12.2 Å². The van der Waals surface area contributed by atoms with Crippen molar-refractivity contribution in [1.82, 2.24) is 24.9 Å². The Labute approximate surface area is 583 Å².